The minimum atomic E-state index is -3.02. The number of amides is 3. The maximum Gasteiger partial charge on any atom is 0.320 e. The Bertz CT molecular complexity index is 1710. The summed E-state index contributed by atoms with van der Waals surface area (Å²) in [6.45, 7) is 12.8. The zero-order valence-corrected chi connectivity index (χ0v) is 29.2. The molecule has 4 fully saturated rings. The molecule has 0 aliphatic carbocycles. The first-order chi connectivity index (χ1) is 21.9. The maximum absolute atomic E-state index is 14.0. The number of hydrogen-bond acceptors (Lipinski definition) is 6. The monoisotopic (exact) mass is 665 g/mol. The topological polar surface area (TPSA) is 97.0 Å². The van der Waals surface area contributed by atoms with Crippen LogP contribution < -0.4 is 0 Å². The lowest BCUT2D eigenvalue weighted by Gasteiger charge is -2.38. The highest BCUT2D eigenvalue weighted by Crippen LogP contribution is 2.44. The molecule has 7 rings (SSSR count). The van der Waals surface area contributed by atoms with Crippen LogP contribution in [0.1, 0.15) is 61.1 Å². The highest BCUT2D eigenvalue weighted by Gasteiger charge is 2.47. The van der Waals surface area contributed by atoms with Gasteiger partial charge in [-0.3, -0.25) is 9.69 Å². The van der Waals surface area contributed by atoms with Crippen LogP contribution in [-0.4, -0.2) is 114 Å². The van der Waals surface area contributed by atoms with Gasteiger partial charge in [0.15, 0.2) is 9.84 Å². The van der Waals surface area contributed by atoms with Crippen molar-refractivity contribution < 1.29 is 18.0 Å². The molecule has 46 heavy (non-hydrogen) atoms. The van der Waals surface area contributed by atoms with Crippen LogP contribution in [0.3, 0.4) is 0 Å². The van der Waals surface area contributed by atoms with Crippen molar-refractivity contribution >= 4 is 43.3 Å². The Morgan fingerprint density at radius 2 is 1.46 bits per heavy atom. The number of nitrogens with one attached hydrogen (secondary N) is 1. The SMILES string of the molecule is Cc1cc(C)cc(-c2[nH]c3sc(C(C)(C)C(=O)N4C5CCC4CC5)cc3c2CCN2CCN(C(=O)N3CCS(=O)(=O)CC3)CC2)c1. The highest BCUT2D eigenvalue weighted by atomic mass is 32.2. The largest absolute Gasteiger partial charge is 0.346 e. The van der Waals surface area contributed by atoms with Crippen LogP contribution in [-0.2, 0) is 26.5 Å². The van der Waals surface area contributed by atoms with Crippen molar-refractivity contribution in [2.45, 2.75) is 77.3 Å². The fourth-order valence-corrected chi connectivity index (χ4v) is 10.6. The average molecular weight is 666 g/mol. The molecule has 0 atom stereocenters. The van der Waals surface area contributed by atoms with E-state index in [1.165, 1.54) is 27.6 Å². The zero-order chi connectivity index (χ0) is 32.4. The van der Waals surface area contributed by atoms with Gasteiger partial charge in [-0.25, -0.2) is 13.2 Å². The van der Waals surface area contributed by atoms with Crippen LogP contribution in [0.2, 0.25) is 0 Å². The van der Waals surface area contributed by atoms with Gasteiger partial charge in [-0.1, -0.05) is 17.2 Å². The van der Waals surface area contributed by atoms with Gasteiger partial charge in [0.05, 0.1) is 22.6 Å². The molecule has 11 heteroatoms. The second kappa shape index (κ2) is 12.0. The first-order valence-electron chi connectivity index (χ1n) is 16.9. The predicted octanol–water partition coefficient (Wildman–Crippen LogP) is 4.95. The summed E-state index contributed by atoms with van der Waals surface area (Å²) in [7, 11) is -3.02. The standard InChI is InChI=1S/C35H47N5O4S2/c1-23-19-24(2)21-25(20-23)31-28(9-10-37-11-13-38(14-12-37)34(42)39-15-17-46(43,44)18-16-39)29-22-30(45-32(29)36-31)35(3,4)33(41)40-26-5-6-27(40)8-7-26/h19-22,26-27,36H,5-18H2,1-4H3. The number of sulfone groups is 1. The van der Waals surface area contributed by atoms with E-state index in [0.717, 1.165) is 67.1 Å². The summed E-state index contributed by atoms with van der Waals surface area (Å²) in [6.07, 6.45) is 5.44. The molecule has 2 bridgehead atoms. The molecule has 4 aliphatic rings. The van der Waals surface area contributed by atoms with E-state index >= 15 is 0 Å². The zero-order valence-electron chi connectivity index (χ0n) is 27.6. The summed E-state index contributed by atoms with van der Waals surface area (Å²) in [6, 6.07) is 9.78. The minimum absolute atomic E-state index is 0.0381. The van der Waals surface area contributed by atoms with Crippen molar-refractivity contribution in [3.8, 4) is 11.3 Å². The summed E-state index contributed by atoms with van der Waals surface area (Å²) >= 11 is 1.73. The number of nitrogens with zero attached hydrogens (tertiary/aromatic N) is 4. The number of benzene rings is 1. The lowest BCUT2D eigenvalue weighted by molar-refractivity contribution is -0.137. The summed E-state index contributed by atoms with van der Waals surface area (Å²) in [5.41, 5.74) is 5.54. The van der Waals surface area contributed by atoms with E-state index in [1.807, 2.05) is 4.90 Å². The number of thiophene rings is 1. The van der Waals surface area contributed by atoms with Gasteiger partial charge in [0.25, 0.3) is 0 Å². The van der Waals surface area contributed by atoms with Crippen LogP contribution in [0.5, 0.6) is 0 Å². The fraction of sp³-hybridized carbons (Fsp3) is 0.600. The van der Waals surface area contributed by atoms with Crippen molar-refractivity contribution in [2.24, 2.45) is 0 Å². The first-order valence-corrected chi connectivity index (χ1v) is 19.6. The lowest BCUT2D eigenvalue weighted by Crippen LogP contribution is -2.55. The Kier molecular flexibility index (Phi) is 8.25. The number of carbonyl (C=O) groups excluding carboxylic acids is 2. The molecule has 9 nitrogen and oxygen atoms in total. The molecule has 1 aromatic carbocycles. The van der Waals surface area contributed by atoms with E-state index in [1.54, 1.807) is 16.2 Å². The Labute approximate surface area is 276 Å². The number of fused-ring (bicyclic) bond motifs is 3. The molecule has 0 unspecified atom stereocenters. The minimum Gasteiger partial charge on any atom is -0.346 e. The lowest BCUT2D eigenvalue weighted by atomic mass is 9.88. The number of rotatable bonds is 6. The third-order valence-corrected chi connectivity index (χ3v) is 13.9. The summed E-state index contributed by atoms with van der Waals surface area (Å²) in [5.74, 6) is 0.388. The Hall–Kier alpha value is -2.89. The van der Waals surface area contributed by atoms with Crippen LogP contribution in [0, 0.1) is 13.8 Å². The quantitative estimate of drug-likeness (QED) is 0.402. The van der Waals surface area contributed by atoms with Gasteiger partial charge in [0.1, 0.15) is 4.83 Å². The number of aromatic amines is 1. The fourth-order valence-electron chi connectivity index (χ4n) is 8.17. The molecule has 4 saturated heterocycles. The molecular weight excluding hydrogens is 619 g/mol. The van der Waals surface area contributed by atoms with Crippen molar-refractivity contribution in [3.05, 3.63) is 45.8 Å². The van der Waals surface area contributed by atoms with Gasteiger partial charge < -0.3 is 19.7 Å². The van der Waals surface area contributed by atoms with E-state index in [4.69, 9.17) is 0 Å². The van der Waals surface area contributed by atoms with E-state index in [9.17, 15) is 18.0 Å². The molecule has 3 amide bonds. The van der Waals surface area contributed by atoms with Gasteiger partial charge in [0, 0.05) is 68.2 Å². The second-order valence-corrected chi connectivity index (χ2v) is 17.9. The normalized spacial score (nSPS) is 23.5. The molecule has 3 aromatic rings. The molecule has 6 heterocycles. The van der Waals surface area contributed by atoms with Crippen LogP contribution >= 0.6 is 11.3 Å². The van der Waals surface area contributed by atoms with E-state index in [2.05, 4.69) is 66.7 Å². The molecule has 2 aromatic heterocycles. The third kappa shape index (κ3) is 5.87. The van der Waals surface area contributed by atoms with Crippen molar-refractivity contribution in [1.82, 2.24) is 24.6 Å². The number of urea groups is 1. The highest BCUT2D eigenvalue weighted by molar-refractivity contribution is 7.91. The number of aryl methyl sites for hydroxylation is 2. The smallest absolute Gasteiger partial charge is 0.320 e. The molecule has 0 spiro atoms. The number of piperazine rings is 1. The van der Waals surface area contributed by atoms with Crippen molar-refractivity contribution in [1.29, 1.82) is 0 Å². The van der Waals surface area contributed by atoms with Crippen LogP contribution in [0.15, 0.2) is 24.3 Å². The molecule has 1 N–H and O–H groups in total. The maximum atomic E-state index is 14.0. The van der Waals surface area contributed by atoms with Crippen molar-refractivity contribution in [3.63, 3.8) is 0 Å². The van der Waals surface area contributed by atoms with Crippen LogP contribution in [0.4, 0.5) is 4.79 Å². The van der Waals surface area contributed by atoms with Gasteiger partial charge in [-0.05, 0) is 89.1 Å². The molecule has 0 radical (unpaired) electrons. The molecule has 4 aliphatic heterocycles. The molecule has 248 valence electrons. The number of H-pyrrole nitrogens is 1. The Balaban J connectivity index is 1.10. The third-order valence-electron chi connectivity index (χ3n) is 10.9. The predicted molar refractivity (Wildman–Crippen MR) is 184 cm³/mol. The van der Waals surface area contributed by atoms with E-state index < -0.39 is 15.3 Å². The van der Waals surface area contributed by atoms with Gasteiger partial charge in [-0.2, -0.15) is 0 Å². The number of hydrogen-bond donors (Lipinski definition) is 1. The van der Waals surface area contributed by atoms with Gasteiger partial charge in [0.2, 0.25) is 5.91 Å². The van der Waals surface area contributed by atoms with E-state index in [-0.39, 0.29) is 36.5 Å². The number of carbonyl (C=O) groups is 2. The van der Waals surface area contributed by atoms with Gasteiger partial charge >= 0.3 is 6.03 Å². The first kappa shape index (κ1) is 31.7. The Morgan fingerprint density at radius 3 is 2.07 bits per heavy atom. The van der Waals surface area contributed by atoms with Crippen molar-refractivity contribution in [2.75, 3.05) is 57.3 Å². The summed E-state index contributed by atoms with van der Waals surface area (Å²) < 4.78 is 23.6. The van der Waals surface area contributed by atoms with Crippen LogP contribution in [0.25, 0.3) is 21.5 Å². The van der Waals surface area contributed by atoms with Gasteiger partial charge in [-0.15, -0.1) is 11.3 Å². The Morgan fingerprint density at radius 1 is 0.870 bits per heavy atom. The second-order valence-electron chi connectivity index (χ2n) is 14.5. The molecule has 0 saturated carbocycles. The number of aromatic nitrogens is 1. The van der Waals surface area contributed by atoms with E-state index in [0.29, 0.717) is 25.2 Å². The summed E-state index contributed by atoms with van der Waals surface area (Å²) in [5, 5.41) is 1.22. The molecular formula is C35H47N5O4S2. The summed E-state index contributed by atoms with van der Waals surface area (Å²) in [4.78, 5) is 41.3. The average Bonchev–Trinajstić information content (AvgIpc) is 3.80.